The predicted molar refractivity (Wildman–Crippen MR) is 78.3 cm³/mol. The number of anilines is 2. The Balaban J connectivity index is 2.38. The van der Waals surface area contributed by atoms with E-state index in [4.69, 9.17) is 5.73 Å². The highest BCUT2D eigenvalue weighted by atomic mass is 79.9. The highest BCUT2D eigenvalue weighted by Crippen LogP contribution is 2.24. The monoisotopic (exact) mass is 341 g/mol. The van der Waals surface area contributed by atoms with Crippen LogP contribution in [0, 0.1) is 6.92 Å². The minimum atomic E-state index is -3.74. The lowest BCUT2D eigenvalue weighted by Crippen LogP contribution is -2.15. The number of rotatable bonds is 3. The summed E-state index contributed by atoms with van der Waals surface area (Å²) in [5.74, 6) is 0.266. The molecular formula is C12H12BrN3O2S. The van der Waals surface area contributed by atoms with E-state index >= 15 is 0 Å². The molecule has 0 atom stereocenters. The van der Waals surface area contributed by atoms with Gasteiger partial charge in [0.25, 0.3) is 10.0 Å². The maximum absolute atomic E-state index is 12.2. The van der Waals surface area contributed by atoms with Crippen LogP contribution < -0.4 is 10.5 Å². The van der Waals surface area contributed by atoms with Crippen LogP contribution >= 0.6 is 15.9 Å². The van der Waals surface area contributed by atoms with Crippen LogP contribution in [-0.4, -0.2) is 13.4 Å². The fourth-order valence-electron chi connectivity index (χ4n) is 1.56. The fraction of sp³-hybridized carbons (Fsp3) is 0.0833. The van der Waals surface area contributed by atoms with Crippen molar-refractivity contribution >= 4 is 37.5 Å². The number of nitrogens with zero attached hydrogens (tertiary/aromatic N) is 1. The molecule has 2 aromatic rings. The first-order valence-electron chi connectivity index (χ1n) is 5.40. The number of benzene rings is 1. The second-order valence-electron chi connectivity index (χ2n) is 3.95. The molecule has 19 heavy (non-hydrogen) atoms. The molecule has 3 N–H and O–H groups in total. The summed E-state index contributed by atoms with van der Waals surface area (Å²) < 4.78 is 27.5. The van der Waals surface area contributed by atoms with Crippen molar-refractivity contribution in [2.24, 2.45) is 0 Å². The van der Waals surface area contributed by atoms with Crippen LogP contribution in [0.5, 0.6) is 0 Å². The van der Waals surface area contributed by atoms with Crippen molar-refractivity contribution < 1.29 is 8.42 Å². The summed E-state index contributed by atoms with van der Waals surface area (Å²) in [6, 6.07) is 9.70. The molecule has 2 rings (SSSR count). The smallest absolute Gasteiger partial charge is 0.265 e. The van der Waals surface area contributed by atoms with Crippen molar-refractivity contribution in [3.8, 4) is 0 Å². The van der Waals surface area contributed by atoms with Gasteiger partial charge in [0.1, 0.15) is 10.7 Å². The van der Waals surface area contributed by atoms with Gasteiger partial charge in [-0.2, -0.15) is 0 Å². The molecule has 0 aliphatic rings. The van der Waals surface area contributed by atoms with Gasteiger partial charge < -0.3 is 5.73 Å². The third-order valence-corrected chi connectivity index (χ3v) is 4.31. The first kappa shape index (κ1) is 13.8. The second-order valence-corrected chi connectivity index (χ2v) is 6.52. The Morgan fingerprint density at radius 1 is 1.26 bits per heavy atom. The number of hydrogen-bond donors (Lipinski definition) is 2. The summed E-state index contributed by atoms with van der Waals surface area (Å²) in [7, 11) is -3.74. The molecule has 0 unspecified atom stereocenters. The number of halogens is 1. The van der Waals surface area contributed by atoms with Gasteiger partial charge in [0.15, 0.2) is 0 Å². The SMILES string of the molecule is Cc1cccc(NS(=O)(=O)c2ccc(Br)cc2N)n1. The Bertz CT molecular complexity index is 717. The van der Waals surface area contributed by atoms with Crippen molar-refractivity contribution in [3.05, 3.63) is 46.6 Å². The van der Waals surface area contributed by atoms with Crippen LogP contribution in [0.2, 0.25) is 0 Å². The van der Waals surface area contributed by atoms with E-state index in [9.17, 15) is 8.42 Å². The molecule has 0 fully saturated rings. The molecular weight excluding hydrogens is 330 g/mol. The summed E-state index contributed by atoms with van der Waals surface area (Å²) in [5, 5.41) is 0. The standard InChI is InChI=1S/C12H12BrN3O2S/c1-8-3-2-4-12(15-8)16-19(17,18)11-6-5-9(13)7-10(11)14/h2-7H,14H2,1H3,(H,15,16). The molecule has 1 heterocycles. The highest BCUT2D eigenvalue weighted by Gasteiger charge is 2.18. The van der Waals surface area contributed by atoms with E-state index in [1.807, 2.05) is 0 Å². The van der Waals surface area contributed by atoms with Crippen LogP contribution in [0.15, 0.2) is 45.8 Å². The van der Waals surface area contributed by atoms with Gasteiger partial charge in [0, 0.05) is 10.2 Å². The zero-order chi connectivity index (χ0) is 14.0. The van der Waals surface area contributed by atoms with E-state index in [1.54, 1.807) is 31.2 Å². The molecule has 0 aliphatic heterocycles. The Hall–Kier alpha value is -1.60. The largest absolute Gasteiger partial charge is 0.398 e. The predicted octanol–water partition coefficient (Wildman–Crippen LogP) is 2.54. The Morgan fingerprint density at radius 3 is 2.63 bits per heavy atom. The molecule has 0 radical (unpaired) electrons. The van der Waals surface area contributed by atoms with Gasteiger partial charge in [-0.3, -0.25) is 4.72 Å². The molecule has 0 saturated heterocycles. The molecule has 5 nitrogen and oxygen atoms in total. The minimum Gasteiger partial charge on any atom is -0.398 e. The Morgan fingerprint density at radius 2 is 2.00 bits per heavy atom. The van der Waals surface area contributed by atoms with Crippen LogP contribution in [0.25, 0.3) is 0 Å². The van der Waals surface area contributed by atoms with E-state index in [1.165, 1.54) is 12.1 Å². The number of hydrogen-bond acceptors (Lipinski definition) is 4. The summed E-state index contributed by atoms with van der Waals surface area (Å²) in [6.07, 6.45) is 0. The number of aromatic nitrogens is 1. The average molecular weight is 342 g/mol. The zero-order valence-corrected chi connectivity index (χ0v) is 12.5. The van der Waals surface area contributed by atoms with Gasteiger partial charge >= 0.3 is 0 Å². The Kier molecular flexibility index (Phi) is 3.77. The van der Waals surface area contributed by atoms with E-state index in [0.29, 0.717) is 0 Å². The first-order chi connectivity index (χ1) is 8.88. The summed E-state index contributed by atoms with van der Waals surface area (Å²) in [4.78, 5) is 4.12. The molecule has 0 bridgehead atoms. The summed E-state index contributed by atoms with van der Waals surface area (Å²) in [6.45, 7) is 1.78. The van der Waals surface area contributed by atoms with Gasteiger partial charge in [-0.15, -0.1) is 0 Å². The van der Waals surface area contributed by atoms with Gasteiger partial charge in [-0.05, 0) is 37.3 Å². The lowest BCUT2D eigenvalue weighted by molar-refractivity contribution is 0.601. The zero-order valence-electron chi connectivity index (χ0n) is 10.1. The lowest BCUT2D eigenvalue weighted by Gasteiger charge is -2.10. The average Bonchev–Trinajstić information content (AvgIpc) is 2.27. The number of sulfonamides is 1. The molecule has 0 spiro atoms. The van der Waals surface area contributed by atoms with Crippen LogP contribution in [-0.2, 0) is 10.0 Å². The highest BCUT2D eigenvalue weighted by molar-refractivity contribution is 9.10. The number of nitrogens with one attached hydrogen (secondary N) is 1. The van der Waals surface area contributed by atoms with Crippen molar-refractivity contribution in [2.45, 2.75) is 11.8 Å². The van der Waals surface area contributed by atoms with Gasteiger partial charge in [0.2, 0.25) is 0 Å². The number of nitrogens with two attached hydrogens (primary N) is 1. The quantitative estimate of drug-likeness (QED) is 0.840. The van der Waals surface area contributed by atoms with Gasteiger partial charge in [-0.1, -0.05) is 22.0 Å². The van der Waals surface area contributed by atoms with Crippen molar-refractivity contribution in [1.82, 2.24) is 4.98 Å². The molecule has 0 aliphatic carbocycles. The molecule has 100 valence electrons. The van der Waals surface area contributed by atoms with E-state index in [0.717, 1.165) is 10.2 Å². The number of pyridine rings is 1. The topological polar surface area (TPSA) is 85.1 Å². The summed E-state index contributed by atoms with van der Waals surface area (Å²) in [5.41, 5.74) is 6.62. The third-order valence-electron chi connectivity index (χ3n) is 2.39. The van der Waals surface area contributed by atoms with Crippen LogP contribution in [0.3, 0.4) is 0 Å². The normalized spacial score (nSPS) is 11.3. The molecule has 0 saturated carbocycles. The molecule has 1 aromatic heterocycles. The number of nitrogen functional groups attached to an aromatic ring is 1. The van der Waals surface area contributed by atoms with Crippen LogP contribution in [0.4, 0.5) is 11.5 Å². The Labute approximate surface area is 120 Å². The van der Waals surface area contributed by atoms with Crippen molar-refractivity contribution in [1.29, 1.82) is 0 Å². The molecule has 1 aromatic carbocycles. The van der Waals surface area contributed by atoms with Gasteiger partial charge in [0.05, 0.1) is 5.69 Å². The molecule has 7 heteroatoms. The maximum atomic E-state index is 12.2. The van der Waals surface area contributed by atoms with Crippen molar-refractivity contribution in [2.75, 3.05) is 10.5 Å². The maximum Gasteiger partial charge on any atom is 0.265 e. The van der Waals surface area contributed by atoms with E-state index < -0.39 is 10.0 Å². The van der Waals surface area contributed by atoms with Crippen molar-refractivity contribution in [3.63, 3.8) is 0 Å². The fourth-order valence-corrected chi connectivity index (χ4v) is 3.05. The minimum absolute atomic E-state index is 0.0269. The summed E-state index contributed by atoms with van der Waals surface area (Å²) >= 11 is 3.23. The van der Waals surface area contributed by atoms with Crippen LogP contribution in [0.1, 0.15) is 5.69 Å². The van der Waals surface area contributed by atoms with E-state index in [2.05, 4.69) is 25.6 Å². The second kappa shape index (κ2) is 5.18. The van der Waals surface area contributed by atoms with E-state index in [-0.39, 0.29) is 16.4 Å². The lowest BCUT2D eigenvalue weighted by atomic mass is 10.3. The third kappa shape index (κ3) is 3.24. The van der Waals surface area contributed by atoms with Gasteiger partial charge in [-0.25, -0.2) is 13.4 Å². The number of aryl methyl sites for hydroxylation is 1. The first-order valence-corrected chi connectivity index (χ1v) is 7.67. The molecule has 0 amide bonds.